The molecule has 9 nitrogen and oxygen atoms in total. The fraction of sp³-hybridized carbons (Fsp3) is 0.267. The van der Waals surface area contributed by atoms with Gasteiger partial charge in [0.1, 0.15) is 30.5 Å². The molecule has 7 rings (SSSR count). The third-order valence-corrected chi connectivity index (χ3v) is 11.3. The van der Waals surface area contributed by atoms with Gasteiger partial charge >= 0.3 is 0 Å². The molecule has 0 radical (unpaired) electrons. The van der Waals surface area contributed by atoms with Crippen LogP contribution >= 0.6 is 22.7 Å². The number of nitrogens with zero attached hydrogens (tertiary/aromatic N) is 2. The maximum absolute atomic E-state index is 13.4. The van der Waals surface area contributed by atoms with Crippen molar-refractivity contribution in [2.45, 2.75) is 63.9 Å². The number of hydrogen-bond donors (Lipinski definition) is 1. The largest absolute Gasteiger partial charge is 0.374 e. The van der Waals surface area contributed by atoms with Crippen LogP contribution in [0, 0.1) is 19.3 Å². The molecule has 0 spiro atoms. The number of carbonyl (C=O) groups excluding carboxylic acids is 1. The SMILES string of the molecule is C#Cc1nc(C)c(C(=O)c2cnc(NC[C@H]3O[C@H](COCc4ccccc4)[C@@H](OCc4ccccc4)[C@H](OCc4ccccc4)[C@@H]3OCc3ccccc3)s2)s1. The highest BCUT2D eigenvalue weighted by atomic mass is 32.1. The van der Waals surface area contributed by atoms with Gasteiger partial charge < -0.3 is 29.0 Å². The minimum atomic E-state index is -0.569. The van der Waals surface area contributed by atoms with Crippen LogP contribution < -0.4 is 5.32 Å². The van der Waals surface area contributed by atoms with E-state index < -0.39 is 30.5 Å². The summed E-state index contributed by atoms with van der Waals surface area (Å²) in [5.74, 6) is 2.36. The van der Waals surface area contributed by atoms with Crippen molar-refractivity contribution in [3.05, 3.63) is 170 Å². The lowest BCUT2D eigenvalue weighted by Crippen LogP contribution is -2.62. The predicted molar refractivity (Wildman–Crippen MR) is 219 cm³/mol. The molecule has 2 aromatic heterocycles. The number of benzene rings is 4. The molecule has 0 saturated carbocycles. The van der Waals surface area contributed by atoms with Gasteiger partial charge in [-0.05, 0) is 35.1 Å². The summed E-state index contributed by atoms with van der Waals surface area (Å²) in [6.07, 6.45) is 4.41. The zero-order valence-corrected chi connectivity index (χ0v) is 32.6. The van der Waals surface area contributed by atoms with Crippen LogP contribution in [0.4, 0.5) is 5.13 Å². The topological polar surface area (TPSA) is 101 Å². The smallest absolute Gasteiger partial charge is 0.216 e. The van der Waals surface area contributed by atoms with Gasteiger partial charge in [0, 0.05) is 6.54 Å². The van der Waals surface area contributed by atoms with Crippen LogP contribution in [0.1, 0.15) is 47.5 Å². The van der Waals surface area contributed by atoms with Gasteiger partial charge in [0.25, 0.3) is 0 Å². The van der Waals surface area contributed by atoms with E-state index in [4.69, 9.17) is 30.1 Å². The van der Waals surface area contributed by atoms with Crippen LogP contribution in [-0.4, -0.2) is 59.4 Å². The monoisotopic (exact) mass is 785 g/mol. The van der Waals surface area contributed by atoms with Gasteiger partial charge in [0.05, 0.1) is 54.7 Å². The van der Waals surface area contributed by atoms with Crippen LogP contribution in [0.2, 0.25) is 0 Å². The average Bonchev–Trinajstić information content (AvgIpc) is 3.89. The molecular formula is C45H43N3O6S2. The fourth-order valence-corrected chi connectivity index (χ4v) is 8.14. The van der Waals surface area contributed by atoms with Crippen LogP contribution in [-0.2, 0) is 50.1 Å². The molecule has 1 fully saturated rings. The Morgan fingerprint density at radius 1 is 0.714 bits per heavy atom. The first-order valence-corrected chi connectivity index (χ1v) is 20.1. The minimum Gasteiger partial charge on any atom is -0.374 e. The van der Waals surface area contributed by atoms with Gasteiger partial charge in [0.15, 0.2) is 10.1 Å². The van der Waals surface area contributed by atoms with Crippen molar-refractivity contribution in [3.63, 3.8) is 0 Å². The van der Waals surface area contributed by atoms with E-state index in [0.29, 0.717) is 58.6 Å². The summed E-state index contributed by atoms with van der Waals surface area (Å²) in [4.78, 5) is 23.3. The lowest BCUT2D eigenvalue weighted by atomic mass is 9.93. The quantitative estimate of drug-likeness (QED) is 0.0682. The molecule has 0 aliphatic carbocycles. The maximum atomic E-state index is 13.4. The molecule has 11 heteroatoms. The van der Waals surface area contributed by atoms with Crippen LogP contribution in [0.3, 0.4) is 0 Å². The van der Waals surface area contributed by atoms with Gasteiger partial charge in [-0.3, -0.25) is 4.79 Å². The van der Waals surface area contributed by atoms with Crippen molar-refractivity contribution in [2.75, 3.05) is 18.5 Å². The first kappa shape index (κ1) is 39.2. The van der Waals surface area contributed by atoms with E-state index in [9.17, 15) is 4.79 Å². The molecule has 1 N–H and O–H groups in total. The van der Waals surface area contributed by atoms with Crippen molar-refractivity contribution < 1.29 is 28.5 Å². The number of rotatable bonds is 18. The Bertz CT molecular complexity index is 2160. The normalized spacial score (nSPS) is 19.3. The summed E-state index contributed by atoms with van der Waals surface area (Å²) < 4.78 is 33.7. The Morgan fingerprint density at radius 3 is 1.73 bits per heavy atom. The van der Waals surface area contributed by atoms with Crippen molar-refractivity contribution in [3.8, 4) is 12.3 Å². The van der Waals surface area contributed by atoms with Crippen molar-refractivity contribution >= 4 is 33.6 Å². The molecule has 1 saturated heterocycles. The number of ketones is 1. The van der Waals surface area contributed by atoms with Crippen molar-refractivity contribution in [2.24, 2.45) is 0 Å². The van der Waals surface area contributed by atoms with Crippen molar-refractivity contribution in [1.29, 1.82) is 0 Å². The predicted octanol–water partition coefficient (Wildman–Crippen LogP) is 8.27. The molecule has 0 amide bonds. The lowest BCUT2D eigenvalue weighted by molar-refractivity contribution is -0.269. The summed E-state index contributed by atoms with van der Waals surface area (Å²) in [5.41, 5.74) is 4.74. The Morgan fingerprint density at radius 2 is 1.21 bits per heavy atom. The number of nitrogens with one attached hydrogen (secondary N) is 1. The van der Waals surface area contributed by atoms with E-state index in [2.05, 4.69) is 21.2 Å². The third-order valence-electron chi connectivity index (χ3n) is 9.29. The molecule has 6 aromatic rings. The number of aryl methyl sites for hydroxylation is 1. The summed E-state index contributed by atoms with van der Waals surface area (Å²) in [6, 6.07) is 40.2. The van der Waals surface area contributed by atoms with E-state index in [1.54, 1.807) is 13.1 Å². The fourth-order valence-electron chi connectivity index (χ4n) is 6.48. The number of aromatic nitrogens is 2. The number of terminal acetylenes is 1. The second-order valence-corrected chi connectivity index (χ2v) is 15.3. The number of anilines is 1. The lowest BCUT2D eigenvalue weighted by Gasteiger charge is -2.46. The highest BCUT2D eigenvalue weighted by Gasteiger charge is 2.48. The van der Waals surface area contributed by atoms with Gasteiger partial charge in [-0.1, -0.05) is 133 Å². The molecule has 0 unspecified atom stereocenters. The summed E-state index contributed by atoms with van der Waals surface area (Å²) >= 11 is 2.48. The zero-order valence-electron chi connectivity index (χ0n) is 31.0. The van der Waals surface area contributed by atoms with Gasteiger partial charge in [0.2, 0.25) is 5.78 Å². The molecule has 3 heterocycles. The molecular weight excluding hydrogens is 743 g/mol. The summed E-state index contributed by atoms with van der Waals surface area (Å²) in [6.45, 7) is 3.79. The van der Waals surface area contributed by atoms with Gasteiger partial charge in [-0.25, -0.2) is 9.97 Å². The third kappa shape index (κ3) is 10.4. The van der Waals surface area contributed by atoms with E-state index in [-0.39, 0.29) is 12.4 Å². The highest BCUT2D eigenvalue weighted by Crippen LogP contribution is 2.32. The Balaban J connectivity index is 1.17. The van der Waals surface area contributed by atoms with Crippen LogP contribution in [0.5, 0.6) is 0 Å². The second-order valence-electron chi connectivity index (χ2n) is 13.3. The Labute approximate surface area is 335 Å². The van der Waals surface area contributed by atoms with Gasteiger partial charge in [-0.15, -0.1) is 17.8 Å². The highest BCUT2D eigenvalue weighted by molar-refractivity contribution is 7.19. The van der Waals surface area contributed by atoms with Crippen LogP contribution in [0.25, 0.3) is 0 Å². The van der Waals surface area contributed by atoms with Crippen LogP contribution in [0.15, 0.2) is 128 Å². The number of carbonyl (C=O) groups is 1. The summed E-state index contributed by atoms with van der Waals surface area (Å²) in [7, 11) is 0. The molecule has 5 atom stereocenters. The Hall–Kier alpha value is -5.03. The zero-order chi connectivity index (χ0) is 38.5. The molecule has 1 aliphatic rings. The number of hydrogen-bond acceptors (Lipinski definition) is 11. The average molecular weight is 786 g/mol. The molecule has 56 heavy (non-hydrogen) atoms. The van der Waals surface area contributed by atoms with E-state index in [1.165, 1.54) is 22.7 Å². The maximum Gasteiger partial charge on any atom is 0.216 e. The molecule has 0 bridgehead atoms. The number of thiazole rings is 2. The molecule has 1 aliphatic heterocycles. The van der Waals surface area contributed by atoms with Gasteiger partial charge in [-0.2, -0.15) is 0 Å². The Kier molecular flexibility index (Phi) is 13.8. The molecule has 286 valence electrons. The summed E-state index contributed by atoms with van der Waals surface area (Å²) in [5, 5.41) is 4.48. The standard InChI is InChI=1S/C45H43N3O6S2/c1-3-39-48-31(2)44(56-39)40(49)38-25-47-45(55-38)46-24-36-41(51-27-33-18-10-5-11-19-33)43(53-29-35-22-14-7-15-23-35)42(52-28-34-20-12-6-13-21-34)37(54-36)30-50-26-32-16-8-4-9-17-32/h1,4-23,25,36-37,41-43H,24,26-30H2,2H3,(H,46,47)/t36-,37-,41-,42-,43-/m1/s1. The van der Waals surface area contributed by atoms with E-state index >= 15 is 0 Å². The first-order chi connectivity index (χ1) is 27.5. The number of ether oxygens (including phenoxy) is 5. The first-order valence-electron chi connectivity index (χ1n) is 18.5. The van der Waals surface area contributed by atoms with Crippen molar-refractivity contribution in [1.82, 2.24) is 9.97 Å². The van der Waals surface area contributed by atoms with E-state index in [1.807, 2.05) is 121 Å². The van der Waals surface area contributed by atoms with E-state index in [0.717, 1.165) is 22.3 Å². The minimum absolute atomic E-state index is 0.159. The molecule has 4 aromatic carbocycles. The second kappa shape index (κ2) is 19.7.